The Morgan fingerprint density at radius 3 is 2.73 bits per heavy atom. The summed E-state index contributed by atoms with van der Waals surface area (Å²) < 4.78 is 0.934. The smallest absolute Gasteiger partial charge is 0.267 e. The van der Waals surface area contributed by atoms with Crippen LogP contribution in [0.3, 0.4) is 0 Å². The average Bonchev–Trinajstić information content (AvgIpc) is 3.04. The van der Waals surface area contributed by atoms with Crippen LogP contribution in [-0.2, 0) is 5.41 Å². The molecule has 0 fully saturated rings. The summed E-state index contributed by atoms with van der Waals surface area (Å²) in [5, 5.41) is 7.13. The van der Waals surface area contributed by atoms with Gasteiger partial charge in [0.25, 0.3) is 5.91 Å². The van der Waals surface area contributed by atoms with E-state index in [1.54, 1.807) is 0 Å². The highest BCUT2D eigenvalue weighted by Crippen LogP contribution is 2.32. The number of aromatic nitrogens is 1. The first-order valence-electron chi connectivity index (χ1n) is 6.80. The lowest BCUT2D eigenvalue weighted by Gasteiger charge is -2.14. The number of amides is 1. The summed E-state index contributed by atoms with van der Waals surface area (Å²) in [5.74, 6) is -0.146. The van der Waals surface area contributed by atoms with Gasteiger partial charge in [-0.15, -0.1) is 22.7 Å². The molecule has 0 saturated carbocycles. The van der Waals surface area contributed by atoms with E-state index in [4.69, 9.17) is 11.6 Å². The zero-order valence-electron chi connectivity index (χ0n) is 12.4. The molecule has 3 rings (SSSR count). The summed E-state index contributed by atoms with van der Waals surface area (Å²) in [6.45, 7) is 6.30. The van der Waals surface area contributed by atoms with E-state index in [-0.39, 0.29) is 11.3 Å². The number of carbonyl (C=O) groups is 1. The van der Waals surface area contributed by atoms with Crippen molar-refractivity contribution in [2.45, 2.75) is 26.2 Å². The summed E-state index contributed by atoms with van der Waals surface area (Å²) in [6.07, 6.45) is 0. The van der Waals surface area contributed by atoms with Gasteiger partial charge >= 0.3 is 0 Å². The van der Waals surface area contributed by atoms with Crippen molar-refractivity contribution in [2.24, 2.45) is 0 Å². The van der Waals surface area contributed by atoms with Crippen LogP contribution in [0.25, 0.3) is 10.1 Å². The monoisotopic (exact) mass is 350 g/mol. The Hall–Kier alpha value is -1.43. The van der Waals surface area contributed by atoms with E-state index in [2.05, 4.69) is 31.1 Å². The van der Waals surface area contributed by atoms with Gasteiger partial charge in [-0.2, -0.15) is 0 Å². The minimum atomic E-state index is -0.146. The molecule has 1 amide bonds. The summed E-state index contributed by atoms with van der Waals surface area (Å²) in [4.78, 5) is 17.5. The van der Waals surface area contributed by atoms with Gasteiger partial charge in [-0.1, -0.05) is 44.5 Å². The number of carbonyl (C=O) groups excluding carboxylic acids is 1. The van der Waals surface area contributed by atoms with Crippen molar-refractivity contribution >= 4 is 55.4 Å². The second-order valence-corrected chi connectivity index (χ2v) is 8.33. The Balaban J connectivity index is 1.84. The Morgan fingerprint density at radius 2 is 2.09 bits per heavy atom. The Labute approximate surface area is 142 Å². The van der Waals surface area contributed by atoms with Crippen molar-refractivity contribution in [3.63, 3.8) is 0 Å². The van der Waals surface area contributed by atoms with Crippen molar-refractivity contribution < 1.29 is 4.79 Å². The van der Waals surface area contributed by atoms with Gasteiger partial charge in [-0.3, -0.25) is 10.1 Å². The third-order valence-corrected chi connectivity index (χ3v) is 5.58. The standard InChI is InChI=1S/C16H15ClN2OS2/c1-16(2,3)12-8-21-15(18-12)19-14(20)11-7-9-5-4-6-10(17)13(9)22-11/h4-8H,1-3H3,(H,18,19,20). The maximum absolute atomic E-state index is 12.4. The highest BCUT2D eigenvalue weighted by atomic mass is 35.5. The molecule has 0 aliphatic carbocycles. The number of halogens is 1. The maximum atomic E-state index is 12.4. The van der Waals surface area contributed by atoms with Gasteiger partial charge in [0.1, 0.15) is 0 Å². The number of benzene rings is 1. The highest BCUT2D eigenvalue weighted by Gasteiger charge is 2.19. The molecule has 22 heavy (non-hydrogen) atoms. The van der Waals surface area contributed by atoms with Crippen LogP contribution in [0.2, 0.25) is 5.02 Å². The molecule has 114 valence electrons. The van der Waals surface area contributed by atoms with Crippen LogP contribution in [0.1, 0.15) is 36.1 Å². The lowest BCUT2D eigenvalue weighted by Crippen LogP contribution is -2.13. The Morgan fingerprint density at radius 1 is 1.32 bits per heavy atom. The third kappa shape index (κ3) is 3.02. The van der Waals surface area contributed by atoms with Gasteiger partial charge in [-0.25, -0.2) is 4.98 Å². The minimum absolute atomic E-state index is 0.0232. The lowest BCUT2D eigenvalue weighted by molar-refractivity contribution is 0.103. The number of nitrogens with one attached hydrogen (secondary N) is 1. The second-order valence-electron chi connectivity index (χ2n) is 6.01. The van der Waals surface area contributed by atoms with Crippen LogP contribution >= 0.6 is 34.3 Å². The minimum Gasteiger partial charge on any atom is -0.297 e. The molecule has 3 nitrogen and oxygen atoms in total. The molecule has 0 bridgehead atoms. The number of hydrogen-bond acceptors (Lipinski definition) is 4. The van der Waals surface area contributed by atoms with Gasteiger partial charge in [0.2, 0.25) is 0 Å². The maximum Gasteiger partial charge on any atom is 0.267 e. The van der Waals surface area contributed by atoms with E-state index in [0.29, 0.717) is 15.0 Å². The number of thiazole rings is 1. The molecule has 0 radical (unpaired) electrons. The summed E-state index contributed by atoms with van der Waals surface area (Å²) in [7, 11) is 0. The number of anilines is 1. The van der Waals surface area contributed by atoms with Crippen molar-refractivity contribution in [3.05, 3.63) is 45.2 Å². The number of fused-ring (bicyclic) bond motifs is 1. The number of thiophene rings is 1. The van der Waals surface area contributed by atoms with Gasteiger partial charge in [-0.05, 0) is 17.5 Å². The fourth-order valence-corrected chi connectivity index (χ4v) is 4.16. The SMILES string of the molecule is CC(C)(C)c1csc(NC(=O)c2cc3cccc(Cl)c3s2)n1. The number of nitrogens with zero attached hydrogens (tertiary/aromatic N) is 1. The van der Waals surface area contributed by atoms with Crippen molar-refractivity contribution in [1.29, 1.82) is 0 Å². The first-order valence-corrected chi connectivity index (χ1v) is 8.87. The first-order chi connectivity index (χ1) is 10.3. The van der Waals surface area contributed by atoms with E-state index in [0.717, 1.165) is 15.8 Å². The van der Waals surface area contributed by atoms with Gasteiger partial charge < -0.3 is 0 Å². The highest BCUT2D eigenvalue weighted by molar-refractivity contribution is 7.21. The molecule has 2 heterocycles. The zero-order chi connectivity index (χ0) is 15.9. The third-order valence-electron chi connectivity index (χ3n) is 3.21. The Bertz CT molecular complexity index is 845. The molecule has 1 N–H and O–H groups in total. The van der Waals surface area contributed by atoms with E-state index < -0.39 is 0 Å². The van der Waals surface area contributed by atoms with Gasteiger partial charge in [0, 0.05) is 10.8 Å². The van der Waals surface area contributed by atoms with E-state index in [1.165, 1.54) is 22.7 Å². The summed E-state index contributed by atoms with van der Waals surface area (Å²) >= 11 is 9.00. The van der Waals surface area contributed by atoms with Crippen LogP contribution in [0.4, 0.5) is 5.13 Å². The number of hydrogen-bond donors (Lipinski definition) is 1. The van der Waals surface area contributed by atoms with E-state index >= 15 is 0 Å². The fourth-order valence-electron chi connectivity index (χ4n) is 1.97. The van der Waals surface area contributed by atoms with Crippen molar-refractivity contribution in [2.75, 3.05) is 5.32 Å². The second kappa shape index (κ2) is 5.65. The summed E-state index contributed by atoms with van der Waals surface area (Å²) in [6, 6.07) is 7.53. The fraction of sp³-hybridized carbons (Fsp3) is 0.250. The molecule has 0 aliphatic heterocycles. The quantitative estimate of drug-likeness (QED) is 0.657. The van der Waals surface area contributed by atoms with Crippen molar-refractivity contribution in [3.8, 4) is 0 Å². The molecule has 0 saturated heterocycles. The van der Waals surface area contributed by atoms with Gasteiger partial charge in [0.05, 0.1) is 20.3 Å². The predicted molar refractivity (Wildman–Crippen MR) is 95.6 cm³/mol. The topological polar surface area (TPSA) is 42.0 Å². The Kier molecular flexibility index (Phi) is 3.97. The summed E-state index contributed by atoms with van der Waals surface area (Å²) in [5.41, 5.74) is 0.956. The van der Waals surface area contributed by atoms with Crippen LogP contribution in [0.15, 0.2) is 29.6 Å². The average molecular weight is 351 g/mol. The predicted octanol–water partition coefficient (Wildman–Crippen LogP) is 5.56. The van der Waals surface area contributed by atoms with E-state index in [9.17, 15) is 4.79 Å². The van der Waals surface area contributed by atoms with Crippen LogP contribution in [0, 0.1) is 0 Å². The first kappa shape index (κ1) is 15.5. The molecule has 0 spiro atoms. The van der Waals surface area contributed by atoms with Crippen LogP contribution in [-0.4, -0.2) is 10.9 Å². The molecule has 0 atom stereocenters. The number of rotatable bonds is 2. The molecule has 0 aliphatic rings. The van der Waals surface area contributed by atoms with Crippen LogP contribution < -0.4 is 5.32 Å². The zero-order valence-corrected chi connectivity index (χ0v) is 14.8. The molecule has 0 unspecified atom stereocenters. The van der Waals surface area contributed by atoms with Crippen LogP contribution in [0.5, 0.6) is 0 Å². The molecule has 3 aromatic rings. The normalized spacial score (nSPS) is 11.8. The molecular weight excluding hydrogens is 336 g/mol. The van der Waals surface area contributed by atoms with Crippen molar-refractivity contribution in [1.82, 2.24) is 4.98 Å². The largest absolute Gasteiger partial charge is 0.297 e. The van der Waals surface area contributed by atoms with Gasteiger partial charge in [0.15, 0.2) is 5.13 Å². The molecule has 6 heteroatoms. The lowest BCUT2D eigenvalue weighted by atomic mass is 9.93. The van der Waals surface area contributed by atoms with E-state index in [1.807, 2.05) is 29.6 Å². The molecular formula is C16H15ClN2OS2. The molecule has 1 aromatic carbocycles. The molecule has 2 aromatic heterocycles.